The van der Waals surface area contributed by atoms with E-state index in [-0.39, 0.29) is 67.4 Å². The third-order valence-corrected chi connectivity index (χ3v) is 25.6. The minimum absolute atomic E-state index is 0.170. The van der Waals surface area contributed by atoms with Crippen molar-refractivity contribution in [1.82, 2.24) is 18.9 Å². The first kappa shape index (κ1) is 84.5. The second-order valence-electron chi connectivity index (χ2n) is 33.1. The number of aromatic nitrogens is 2. The topological polar surface area (TPSA) is 153 Å². The molecule has 8 atom stereocenters. The number of carbonyl (C=O) groups excluding carboxylic acids is 4. The third kappa shape index (κ3) is 27.6. The molecule has 4 heterocycles. The summed E-state index contributed by atoms with van der Waals surface area (Å²) in [6.45, 7) is 11.0. The highest BCUT2D eigenvalue weighted by Crippen LogP contribution is 2.50. The zero-order valence-electron chi connectivity index (χ0n) is 65.6. The van der Waals surface area contributed by atoms with Crippen LogP contribution in [0.1, 0.15) is 387 Å². The summed E-state index contributed by atoms with van der Waals surface area (Å²) < 4.78 is 2.71. The molecule has 0 bridgehead atoms. The fourth-order valence-electron chi connectivity index (χ4n) is 19.6. The molecule has 4 amide bonds. The molecule has 0 saturated heterocycles. The van der Waals surface area contributed by atoms with Crippen molar-refractivity contribution < 1.29 is 19.2 Å². The van der Waals surface area contributed by atoms with Crippen LogP contribution in [0.2, 0.25) is 0 Å². The first-order valence-electron chi connectivity index (χ1n) is 43.9. The molecule has 2 aromatic heterocycles. The normalized spacial score (nSPS) is 20.9. The summed E-state index contributed by atoms with van der Waals surface area (Å²) in [6, 6.07) is 3.08. The number of carbonyl (C=O) groups is 4. The summed E-state index contributed by atoms with van der Waals surface area (Å²) in [7, 11) is 0. The molecule has 12 heteroatoms. The molecular weight excluding hydrogens is 1270 g/mol. The SMILES string of the molecule is CCCCCCCCC1C(CCCCCC)CCC(CCCCCCCCN2C(=O)C=CC2=O)C1CCCCCCCCn1c(=O)c2cc3c(=O)n(CCCCCCCCC4C(CCCCCCCCN5C(=O)C=CC5=O)CCC(CCCCCC)C4CCCCCCCC)c(=O)c3cc2c1=O. The highest BCUT2D eigenvalue weighted by molar-refractivity contribution is 6.13. The maximum Gasteiger partial charge on any atom is 0.261 e. The van der Waals surface area contributed by atoms with E-state index >= 15 is 0 Å². The molecule has 2 aliphatic carbocycles. The van der Waals surface area contributed by atoms with Gasteiger partial charge in [-0.25, -0.2) is 0 Å². The molecule has 2 fully saturated rings. The highest BCUT2D eigenvalue weighted by Gasteiger charge is 2.40. The van der Waals surface area contributed by atoms with E-state index < -0.39 is 0 Å². The first-order valence-corrected chi connectivity index (χ1v) is 43.9. The zero-order valence-corrected chi connectivity index (χ0v) is 65.6. The van der Waals surface area contributed by atoms with Crippen molar-refractivity contribution in [3.05, 3.63) is 77.9 Å². The minimum atomic E-state index is -0.345. The number of benzene rings is 1. The number of amides is 4. The zero-order chi connectivity index (χ0) is 72.5. The number of unbranched alkanes of at least 4 members (excludes halogenated alkanes) is 36. The predicted octanol–water partition coefficient (Wildman–Crippen LogP) is 22.6. The molecule has 574 valence electrons. The van der Waals surface area contributed by atoms with Crippen LogP contribution in [-0.2, 0) is 32.3 Å². The molecule has 2 saturated carbocycles. The molecule has 12 nitrogen and oxygen atoms in total. The number of hydrogen-bond acceptors (Lipinski definition) is 8. The Hall–Kier alpha value is -4.74. The first-order chi connectivity index (χ1) is 49.9. The van der Waals surface area contributed by atoms with Gasteiger partial charge in [0, 0.05) is 50.5 Å². The molecule has 4 aliphatic rings. The summed E-state index contributed by atoms with van der Waals surface area (Å²) in [5, 5.41) is 1.03. The Kier molecular flexibility index (Phi) is 40.8. The number of fused-ring (bicyclic) bond motifs is 2. The van der Waals surface area contributed by atoms with Crippen molar-refractivity contribution >= 4 is 45.2 Å². The van der Waals surface area contributed by atoms with Gasteiger partial charge in [-0.15, -0.1) is 0 Å². The maximum atomic E-state index is 13.9. The van der Waals surface area contributed by atoms with Crippen LogP contribution in [0.25, 0.3) is 21.5 Å². The fourth-order valence-corrected chi connectivity index (χ4v) is 19.6. The Morgan fingerprint density at radius 1 is 0.235 bits per heavy atom. The number of nitrogens with zero attached hydrogens (tertiary/aromatic N) is 4. The Morgan fingerprint density at radius 3 is 0.657 bits per heavy atom. The molecule has 3 aromatic rings. The lowest BCUT2D eigenvalue weighted by atomic mass is 9.61. The molecule has 8 unspecified atom stereocenters. The van der Waals surface area contributed by atoms with Crippen LogP contribution in [0.4, 0.5) is 0 Å². The van der Waals surface area contributed by atoms with E-state index in [0.717, 1.165) is 137 Å². The Morgan fingerprint density at radius 2 is 0.422 bits per heavy atom. The number of rotatable bonds is 60. The van der Waals surface area contributed by atoms with Gasteiger partial charge in [0.1, 0.15) is 0 Å². The van der Waals surface area contributed by atoms with Gasteiger partial charge in [-0.2, -0.15) is 0 Å². The van der Waals surface area contributed by atoms with Crippen LogP contribution in [-0.4, -0.2) is 55.7 Å². The van der Waals surface area contributed by atoms with Gasteiger partial charge in [0.15, 0.2) is 0 Å². The average Bonchev–Trinajstić information content (AvgIpc) is 1.58. The van der Waals surface area contributed by atoms with Gasteiger partial charge in [0.05, 0.1) is 21.5 Å². The molecule has 1 aromatic carbocycles. The average molecular weight is 1410 g/mol. The standard InChI is InChI=1S/C90H146N4O8/c1-5-9-13-17-29-41-53-75-71(49-37-15-11-7-3)57-59-73(51-39-27-19-23-33-45-65-91-83(95)61-62-84(91)96)77(75)55-43-31-21-25-35-47-67-93-87(99)79-69-81-82(70-80(79)88(93)100)90(102)94(89(81)101)68-48-36-26-22-32-44-56-78-74(52-40-28-20-24-34-46-66-92-85(97)63-64-86(92)98)60-58-72(50-38-16-12-8-4)76(78)54-42-30-18-14-10-6-2/h61-64,69-78H,5-60,65-68H2,1-4H3. The van der Waals surface area contributed by atoms with Crippen molar-refractivity contribution in [2.75, 3.05) is 13.1 Å². The monoisotopic (exact) mass is 1410 g/mol. The van der Waals surface area contributed by atoms with Gasteiger partial charge in [-0.3, -0.25) is 57.3 Å². The lowest BCUT2D eigenvalue weighted by Crippen LogP contribution is -2.35. The minimum Gasteiger partial charge on any atom is -0.275 e. The molecule has 0 radical (unpaired) electrons. The summed E-state index contributed by atoms with van der Waals surface area (Å²) in [6.07, 6.45) is 75.9. The molecule has 2 aliphatic heterocycles. The Labute approximate surface area is 618 Å². The highest BCUT2D eigenvalue weighted by atomic mass is 16.2. The van der Waals surface area contributed by atoms with Gasteiger partial charge in [0.2, 0.25) is 0 Å². The second-order valence-corrected chi connectivity index (χ2v) is 33.1. The predicted molar refractivity (Wildman–Crippen MR) is 426 cm³/mol. The van der Waals surface area contributed by atoms with E-state index in [1.807, 2.05) is 0 Å². The number of imide groups is 2. The molecule has 0 N–H and O–H groups in total. The lowest BCUT2D eigenvalue weighted by Gasteiger charge is -2.44. The van der Waals surface area contributed by atoms with Crippen molar-refractivity contribution in [1.29, 1.82) is 0 Å². The van der Waals surface area contributed by atoms with E-state index in [1.165, 1.54) is 313 Å². The summed E-state index contributed by atoms with van der Waals surface area (Å²) in [4.78, 5) is 106. The summed E-state index contributed by atoms with van der Waals surface area (Å²) in [5.74, 6) is 6.01. The van der Waals surface area contributed by atoms with Crippen LogP contribution in [0, 0.1) is 47.3 Å². The summed E-state index contributed by atoms with van der Waals surface area (Å²) >= 11 is 0. The van der Waals surface area contributed by atoms with E-state index in [4.69, 9.17) is 0 Å². The van der Waals surface area contributed by atoms with E-state index in [9.17, 15) is 38.4 Å². The van der Waals surface area contributed by atoms with Crippen LogP contribution in [0.5, 0.6) is 0 Å². The van der Waals surface area contributed by atoms with Gasteiger partial charge in [-0.1, -0.05) is 310 Å². The van der Waals surface area contributed by atoms with Crippen LogP contribution in [0.15, 0.2) is 55.6 Å². The third-order valence-electron chi connectivity index (χ3n) is 25.6. The van der Waals surface area contributed by atoms with Gasteiger partial charge < -0.3 is 0 Å². The Balaban J connectivity index is 0.850. The van der Waals surface area contributed by atoms with E-state index in [1.54, 1.807) is 12.1 Å². The quantitative estimate of drug-likeness (QED) is 0.0400. The van der Waals surface area contributed by atoms with Crippen LogP contribution < -0.4 is 22.2 Å². The molecule has 0 spiro atoms. The van der Waals surface area contributed by atoms with E-state index in [0.29, 0.717) is 26.2 Å². The Bertz CT molecular complexity index is 2840. The lowest BCUT2D eigenvalue weighted by molar-refractivity contribution is -0.138. The van der Waals surface area contributed by atoms with Crippen molar-refractivity contribution in [3.63, 3.8) is 0 Å². The van der Waals surface area contributed by atoms with Crippen molar-refractivity contribution in [3.8, 4) is 0 Å². The largest absolute Gasteiger partial charge is 0.275 e. The second kappa shape index (κ2) is 49.2. The molecule has 102 heavy (non-hydrogen) atoms. The van der Waals surface area contributed by atoms with Crippen molar-refractivity contribution in [2.45, 2.75) is 400 Å². The van der Waals surface area contributed by atoms with Crippen LogP contribution in [0.3, 0.4) is 0 Å². The van der Waals surface area contributed by atoms with Gasteiger partial charge in [0.25, 0.3) is 45.9 Å². The molecule has 7 rings (SSSR count). The number of hydrogen-bond donors (Lipinski definition) is 0. The smallest absolute Gasteiger partial charge is 0.261 e. The van der Waals surface area contributed by atoms with E-state index in [2.05, 4.69) is 27.7 Å². The van der Waals surface area contributed by atoms with Crippen molar-refractivity contribution in [2.24, 2.45) is 47.3 Å². The van der Waals surface area contributed by atoms with Gasteiger partial charge in [-0.05, 0) is 137 Å². The molecular formula is C90H146N4O8. The summed E-state index contributed by atoms with van der Waals surface area (Å²) in [5.41, 5.74) is -1.38. The van der Waals surface area contributed by atoms with Gasteiger partial charge >= 0.3 is 0 Å². The fraction of sp³-hybridized carbons (Fsp3) is 0.800. The van der Waals surface area contributed by atoms with Crippen LogP contribution >= 0.6 is 0 Å². The maximum absolute atomic E-state index is 13.9.